The predicted octanol–water partition coefficient (Wildman–Crippen LogP) is 1.07. The van der Waals surface area contributed by atoms with Crippen molar-refractivity contribution in [2.45, 2.75) is 18.6 Å². The normalized spacial score (nSPS) is 11.9. The summed E-state index contributed by atoms with van der Waals surface area (Å²) in [5, 5.41) is 14.6. The molecule has 6 nitrogen and oxygen atoms in total. The molecule has 0 atom stereocenters. The number of nitrogens with zero attached hydrogens (tertiary/aromatic N) is 5. The van der Waals surface area contributed by atoms with Gasteiger partial charge in [-0.05, 0) is 30.5 Å². The topological polar surface area (TPSA) is 68.0 Å². The van der Waals surface area contributed by atoms with Crippen molar-refractivity contribution in [3.63, 3.8) is 0 Å². The van der Waals surface area contributed by atoms with Crippen LogP contribution in [0.4, 0.5) is 5.82 Å². The summed E-state index contributed by atoms with van der Waals surface area (Å²) in [5.41, 5.74) is 0.645. The molecule has 0 aromatic carbocycles. The van der Waals surface area contributed by atoms with E-state index in [1.807, 2.05) is 11.8 Å². The number of rotatable bonds is 4. The Morgan fingerprint density at radius 3 is 3.00 bits per heavy atom. The largest absolute Gasteiger partial charge is 0.367 e. The van der Waals surface area contributed by atoms with Gasteiger partial charge in [-0.3, -0.25) is 4.98 Å². The molecule has 16 heavy (non-hydrogen) atoms. The fourth-order valence-corrected chi connectivity index (χ4v) is 1.39. The molecule has 2 heterocycles. The second-order valence-electron chi connectivity index (χ2n) is 4.06. The molecule has 0 amide bonds. The van der Waals surface area contributed by atoms with Crippen molar-refractivity contribution < 1.29 is 0 Å². The van der Waals surface area contributed by atoms with Crippen molar-refractivity contribution in [3.8, 4) is 0 Å². The van der Waals surface area contributed by atoms with Crippen LogP contribution >= 0.6 is 11.8 Å². The third-order valence-electron chi connectivity index (χ3n) is 2.36. The Balaban J connectivity index is 2.18. The van der Waals surface area contributed by atoms with Gasteiger partial charge in [-0.25, -0.2) is 0 Å². The minimum Gasteiger partial charge on any atom is -0.367 e. The van der Waals surface area contributed by atoms with Gasteiger partial charge in [0.1, 0.15) is 5.82 Å². The van der Waals surface area contributed by atoms with Gasteiger partial charge in [-0.1, -0.05) is 0 Å². The van der Waals surface area contributed by atoms with Crippen LogP contribution < -0.4 is 5.32 Å². The third-order valence-corrected chi connectivity index (χ3v) is 3.61. The molecule has 0 fully saturated rings. The van der Waals surface area contributed by atoms with Crippen LogP contribution in [0.3, 0.4) is 0 Å². The summed E-state index contributed by atoms with van der Waals surface area (Å²) in [6.07, 6.45) is 5.45. The summed E-state index contributed by atoms with van der Waals surface area (Å²) in [4.78, 5) is 4.08. The Morgan fingerprint density at radius 2 is 2.25 bits per heavy atom. The van der Waals surface area contributed by atoms with Crippen LogP contribution in [0.2, 0.25) is 0 Å². The van der Waals surface area contributed by atoms with Crippen LogP contribution in [0, 0.1) is 0 Å². The molecule has 2 aromatic rings. The van der Waals surface area contributed by atoms with Gasteiger partial charge in [-0.15, -0.1) is 5.10 Å². The smallest absolute Gasteiger partial charge is 0.199 e. The minimum atomic E-state index is 0.163. The highest BCUT2D eigenvalue weighted by Crippen LogP contribution is 2.21. The molecular formula is C9H14N6S. The minimum absolute atomic E-state index is 0.163. The molecule has 0 bridgehead atoms. The van der Waals surface area contributed by atoms with Crippen LogP contribution in [0.15, 0.2) is 12.4 Å². The maximum absolute atomic E-state index is 4.08. The molecule has 0 spiro atoms. The molecule has 0 saturated heterocycles. The Kier molecular flexibility index (Phi) is 2.95. The van der Waals surface area contributed by atoms with E-state index < -0.39 is 0 Å². The second-order valence-corrected chi connectivity index (χ2v) is 5.57. The van der Waals surface area contributed by atoms with Crippen LogP contribution in [0.1, 0.15) is 13.8 Å². The molecule has 7 heteroatoms. The maximum atomic E-state index is 4.08. The lowest BCUT2D eigenvalue weighted by Crippen LogP contribution is -2.26. The third kappa shape index (κ3) is 2.24. The number of hydrogen-bond acceptors (Lipinski definition) is 6. The highest BCUT2D eigenvalue weighted by atomic mass is 32.2. The number of nitrogens with one attached hydrogen (secondary N) is 1. The first kappa shape index (κ1) is 11.1. The summed E-state index contributed by atoms with van der Waals surface area (Å²) < 4.78 is 1.81. The van der Waals surface area contributed by atoms with E-state index in [1.54, 1.807) is 16.9 Å². The molecule has 86 valence electrons. The fourth-order valence-electron chi connectivity index (χ4n) is 1.17. The van der Waals surface area contributed by atoms with Crippen LogP contribution in [0.5, 0.6) is 0 Å². The summed E-state index contributed by atoms with van der Waals surface area (Å²) in [7, 11) is 0. The lowest BCUT2D eigenvalue weighted by molar-refractivity contribution is 0.739. The van der Waals surface area contributed by atoms with Gasteiger partial charge in [-0.2, -0.15) is 16.3 Å². The van der Waals surface area contributed by atoms with Gasteiger partial charge < -0.3 is 5.32 Å². The van der Waals surface area contributed by atoms with Crippen molar-refractivity contribution in [2.24, 2.45) is 0 Å². The van der Waals surface area contributed by atoms with Gasteiger partial charge in [0.15, 0.2) is 5.65 Å². The van der Waals surface area contributed by atoms with E-state index in [-0.39, 0.29) is 4.75 Å². The van der Waals surface area contributed by atoms with E-state index in [1.165, 1.54) is 0 Å². The molecule has 0 aliphatic rings. The van der Waals surface area contributed by atoms with E-state index in [9.17, 15) is 0 Å². The van der Waals surface area contributed by atoms with Crippen LogP contribution in [-0.4, -0.2) is 42.6 Å². The summed E-state index contributed by atoms with van der Waals surface area (Å²) in [5.74, 6) is 0.810. The fraction of sp³-hybridized carbons (Fsp3) is 0.556. The summed E-state index contributed by atoms with van der Waals surface area (Å²) in [6.45, 7) is 5.18. The molecule has 1 N–H and O–H groups in total. The summed E-state index contributed by atoms with van der Waals surface area (Å²) >= 11 is 1.81. The Morgan fingerprint density at radius 1 is 1.44 bits per heavy atom. The molecule has 0 unspecified atom stereocenters. The van der Waals surface area contributed by atoms with E-state index in [4.69, 9.17) is 0 Å². The van der Waals surface area contributed by atoms with Gasteiger partial charge >= 0.3 is 0 Å². The van der Waals surface area contributed by atoms with Crippen molar-refractivity contribution in [2.75, 3.05) is 18.1 Å². The van der Waals surface area contributed by atoms with E-state index >= 15 is 0 Å². The summed E-state index contributed by atoms with van der Waals surface area (Å²) in [6, 6.07) is 0. The van der Waals surface area contributed by atoms with Crippen molar-refractivity contribution >= 4 is 23.2 Å². The standard InChI is InChI=1S/C9H14N6S/c1-9(2,16-3)6-11-7-4-10-5-8-12-13-14-15(7)8/h4-5,11H,6H2,1-3H3. The number of hydrogen-bond donors (Lipinski definition) is 1. The average Bonchev–Trinajstić information content (AvgIpc) is 2.75. The lowest BCUT2D eigenvalue weighted by atomic mass is 10.2. The Hall–Kier alpha value is -1.37. The van der Waals surface area contributed by atoms with Crippen LogP contribution in [-0.2, 0) is 0 Å². The van der Waals surface area contributed by atoms with Gasteiger partial charge in [0.25, 0.3) is 0 Å². The number of anilines is 1. The first-order valence-corrected chi connectivity index (χ1v) is 6.16. The van der Waals surface area contributed by atoms with Crippen molar-refractivity contribution in [3.05, 3.63) is 12.4 Å². The Labute approximate surface area is 97.8 Å². The number of thioether (sulfide) groups is 1. The average molecular weight is 238 g/mol. The zero-order chi connectivity index (χ0) is 11.6. The first-order valence-electron chi connectivity index (χ1n) is 4.93. The predicted molar refractivity (Wildman–Crippen MR) is 64.7 cm³/mol. The van der Waals surface area contributed by atoms with Gasteiger partial charge in [0.2, 0.25) is 0 Å². The number of fused-ring (bicyclic) bond motifs is 1. The second kappa shape index (κ2) is 4.25. The van der Waals surface area contributed by atoms with E-state index in [0.717, 1.165) is 12.4 Å². The van der Waals surface area contributed by atoms with E-state index in [2.05, 4.69) is 45.9 Å². The number of tetrazole rings is 1. The quantitative estimate of drug-likeness (QED) is 0.859. The molecule has 0 aliphatic heterocycles. The Bertz CT molecular complexity index is 480. The van der Waals surface area contributed by atoms with Crippen molar-refractivity contribution in [1.82, 2.24) is 25.0 Å². The van der Waals surface area contributed by atoms with Crippen LogP contribution in [0.25, 0.3) is 5.65 Å². The van der Waals surface area contributed by atoms with Gasteiger partial charge in [0, 0.05) is 11.3 Å². The zero-order valence-electron chi connectivity index (χ0n) is 9.51. The molecular weight excluding hydrogens is 224 g/mol. The highest BCUT2D eigenvalue weighted by molar-refractivity contribution is 7.99. The lowest BCUT2D eigenvalue weighted by Gasteiger charge is -2.22. The monoisotopic (exact) mass is 238 g/mol. The van der Waals surface area contributed by atoms with Gasteiger partial charge in [0.05, 0.1) is 12.4 Å². The molecule has 0 aliphatic carbocycles. The van der Waals surface area contributed by atoms with E-state index in [0.29, 0.717) is 5.65 Å². The zero-order valence-corrected chi connectivity index (χ0v) is 10.3. The molecule has 0 radical (unpaired) electrons. The molecule has 0 saturated carbocycles. The first-order chi connectivity index (χ1) is 7.62. The molecule has 2 rings (SSSR count). The maximum Gasteiger partial charge on any atom is 0.199 e. The molecule has 2 aromatic heterocycles. The number of aromatic nitrogens is 5. The highest BCUT2D eigenvalue weighted by Gasteiger charge is 2.16. The van der Waals surface area contributed by atoms with Crippen molar-refractivity contribution in [1.29, 1.82) is 0 Å². The SMILES string of the molecule is CSC(C)(C)CNc1cncc2nnnn12.